The number of allylic oxidation sites excluding steroid dienone is 1. The van der Waals surface area contributed by atoms with E-state index in [1.807, 2.05) is 0 Å². The van der Waals surface area contributed by atoms with Gasteiger partial charge in [-0.15, -0.1) is 0 Å². The summed E-state index contributed by atoms with van der Waals surface area (Å²) in [6.07, 6.45) is 4.40. The summed E-state index contributed by atoms with van der Waals surface area (Å²) in [6.45, 7) is 1.36. The Balaban J connectivity index is 3.02. The highest BCUT2D eigenvalue weighted by Crippen LogP contribution is 1.85. The molecule has 0 heterocycles. The first-order chi connectivity index (χ1) is 6.77. The molecule has 0 spiro atoms. The molecule has 0 saturated carbocycles. The summed E-state index contributed by atoms with van der Waals surface area (Å²) in [4.78, 5) is 19.9. The molecule has 14 heavy (non-hydrogen) atoms. The number of ether oxygens (including phenoxy) is 1. The number of aldehydes is 1. The maximum Gasteiger partial charge on any atom is 0.303 e. The highest BCUT2D eigenvalue weighted by molar-refractivity contribution is 5.66. The van der Waals surface area contributed by atoms with Gasteiger partial charge in [0.05, 0.1) is 13.3 Å². The van der Waals surface area contributed by atoms with Crippen molar-refractivity contribution in [2.75, 3.05) is 19.9 Å². The number of carboxylic acids is 1. The molecule has 0 aliphatic carbocycles. The van der Waals surface area contributed by atoms with Crippen LogP contribution in [0.4, 0.5) is 0 Å². The lowest BCUT2D eigenvalue weighted by Crippen LogP contribution is -2.19. The van der Waals surface area contributed by atoms with Crippen molar-refractivity contribution in [3.05, 3.63) is 12.2 Å². The molecule has 0 aromatic heterocycles. The maximum atomic E-state index is 10.1. The summed E-state index contributed by atoms with van der Waals surface area (Å²) in [7, 11) is 0. The number of carbonyl (C=O) groups excluding carboxylic acids is 1. The van der Waals surface area contributed by atoms with Crippen molar-refractivity contribution >= 4 is 12.3 Å². The van der Waals surface area contributed by atoms with Crippen LogP contribution < -0.4 is 5.32 Å². The largest absolute Gasteiger partial charge is 0.481 e. The molecule has 0 atom stereocenters. The third-order valence-electron chi connectivity index (χ3n) is 1.38. The number of aliphatic carboxylic acids is 1. The molecule has 0 aliphatic heterocycles. The van der Waals surface area contributed by atoms with Crippen LogP contribution in [0.5, 0.6) is 0 Å². The van der Waals surface area contributed by atoms with Crippen LogP contribution in [0.15, 0.2) is 12.2 Å². The topological polar surface area (TPSA) is 75.6 Å². The molecule has 0 fully saturated rings. The Morgan fingerprint density at radius 1 is 1.50 bits per heavy atom. The van der Waals surface area contributed by atoms with Crippen LogP contribution in [0, 0.1) is 0 Å². The van der Waals surface area contributed by atoms with Gasteiger partial charge in [0, 0.05) is 6.42 Å². The van der Waals surface area contributed by atoms with Gasteiger partial charge in [-0.25, -0.2) is 0 Å². The van der Waals surface area contributed by atoms with Crippen molar-refractivity contribution in [2.45, 2.75) is 12.8 Å². The van der Waals surface area contributed by atoms with Gasteiger partial charge in [0.25, 0.3) is 0 Å². The summed E-state index contributed by atoms with van der Waals surface area (Å²) in [5.74, 6) is -0.790. The minimum atomic E-state index is -0.790. The Morgan fingerprint density at radius 2 is 2.29 bits per heavy atom. The molecule has 0 unspecified atom stereocenters. The summed E-state index contributed by atoms with van der Waals surface area (Å²) < 4.78 is 5.04. The fourth-order valence-corrected chi connectivity index (χ4v) is 0.747. The van der Waals surface area contributed by atoms with Crippen molar-refractivity contribution in [3.8, 4) is 0 Å². The average molecular weight is 201 g/mol. The van der Waals surface area contributed by atoms with Gasteiger partial charge in [-0.2, -0.15) is 0 Å². The monoisotopic (exact) mass is 201 g/mol. The number of carboxylic acid groups (broad SMARTS) is 1. The third-order valence-corrected chi connectivity index (χ3v) is 1.38. The fourth-order valence-electron chi connectivity index (χ4n) is 0.747. The van der Waals surface area contributed by atoms with Gasteiger partial charge in [0.1, 0.15) is 6.29 Å². The second kappa shape index (κ2) is 9.88. The summed E-state index contributed by atoms with van der Waals surface area (Å²) in [6, 6.07) is 0. The van der Waals surface area contributed by atoms with Gasteiger partial charge in [-0.1, -0.05) is 6.08 Å². The summed E-state index contributed by atoms with van der Waals surface area (Å²) in [5.41, 5.74) is 0. The van der Waals surface area contributed by atoms with E-state index in [2.05, 4.69) is 5.32 Å². The van der Waals surface area contributed by atoms with E-state index in [4.69, 9.17) is 9.84 Å². The zero-order valence-electron chi connectivity index (χ0n) is 7.94. The van der Waals surface area contributed by atoms with E-state index in [0.29, 0.717) is 32.6 Å². The minimum absolute atomic E-state index is 0.165. The van der Waals surface area contributed by atoms with E-state index in [1.54, 1.807) is 6.08 Å². The minimum Gasteiger partial charge on any atom is -0.481 e. The number of hydrogen-bond acceptors (Lipinski definition) is 4. The average Bonchev–Trinajstić information content (AvgIpc) is 2.15. The lowest BCUT2D eigenvalue weighted by molar-refractivity contribution is -0.137. The molecule has 2 N–H and O–H groups in total. The normalized spacial score (nSPS) is 10.6. The second-order valence-electron chi connectivity index (χ2n) is 2.58. The molecule has 5 nitrogen and oxygen atoms in total. The maximum absolute atomic E-state index is 10.1. The van der Waals surface area contributed by atoms with Gasteiger partial charge in [0.15, 0.2) is 0 Å². The highest BCUT2D eigenvalue weighted by atomic mass is 16.5. The van der Waals surface area contributed by atoms with Crippen LogP contribution in [0.1, 0.15) is 12.8 Å². The predicted molar refractivity (Wildman–Crippen MR) is 50.9 cm³/mol. The van der Waals surface area contributed by atoms with Crippen molar-refractivity contribution in [3.63, 3.8) is 0 Å². The Bertz CT molecular complexity index is 191. The van der Waals surface area contributed by atoms with E-state index >= 15 is 0 Å². The first kappa shape index (κ1) is 12.8. The third kappa shape index (κ3) is 10.8. The van der Waals surface area contributed by atoms with Crippen LogP contribution in [0.2, 0.25) is 0 Å². The zero-order valence-corrected chi connectivity index (χ0v) is 7.94. The second-order valence-corrected chi connectivity index (χ2v) is 2.58. The van der Waals surface area contributed by atoms with Crippen LogP contribution in [-0.2, 0) is 14.3 Å². The number of rotatable bonds is 9. The Morgan fingerprint density at radius 3 is 2.93 bits per heavy atom. The van der Waals surface area contributed by atoms with Crippen LogP contribution in [-0.4, -0.2) is 37.2 Å². The van der Waals surface area contributed by atoms with Gasteiger partial charge in [0.2, 0.25) is 0 Å². The molecule has 0 aromatic carbocycles. The van der Waals surface area contributed by atoms with Crippen LogP contribution in [0.3, 0.4) is 0 Å². The molecular formula is C9H15NO4. The Labute approximate surface area is 82.7 Å². The van der Waals surface area contributed by atoms with E-state index in [0.717, 1.165) is 0 Å². The van der Waals surface area contributed by atoms with Crippen LogP contribution >= 0.6 is 0 Å². The fraction of sp³-hybridized carbons (Fsp3) is 0.556. The molecule has 0 rings (SSSR count). The lowest BCUT2D eigenvalue weighted by atomic mass is 10.3. The van der Waals surface area contributed by atoms with Crippen molar-refractivity contribution in [2.24, 2.45) is 0 Å². The van der Waals surface area contributed by atoms with E-state index in [9.17, 15) is 9.59 Å². The van der Waals surface area contributed by atoms with Gasteiger partial charge < -0.3 is 9.84 Å². The lowest BCUT2D eigenvalue weighted by Gasteiger charge is -2.02. The van der Waals surface area contributed by atoms with Crippen LogP contribution in [0.25, 0.3) is 0 Å². The number of nitrogens with one attached hydrogen (secondary N) is 1. The first-order valence-corrected chi connectivity index (χ1v) is 4.38. The van der Waals surface area contributed by atoms with Crippen molar-refractivity contribution < 1.29 is 19.4 Å². The quantitative estimate of drug-likeness (QED) is 0.241. The molecule has 0 saturated heterocycles. The number of carbonyl (C=O) groups is 2. The van der Waals surface area contributed by atoms with Crippen molar-refractivity contribution in [1.82, 2.24) is 5.32 Å². The molecule has 0 aliphatic rings. The molecule has 0 radical (unpaired) electrons. The zero-order chi connectivity index (χ0) is 10.6. The Hall–Kier alpha value is -1.20. The molecule has 0 bridgehead atoms. The SMILES string of the molecule is O=C/C=C\COCNCCCC(=O)O. The Kier molecular flexibility index (Phi) is 9.04. The first-order valence-electron chi connectivity index (χ1n) is 4.38. The summed E-state index contributed by atoms with van der Waals surface area (Å²) in [5, 5.41) is 11.2. The number of hydrogen-bond donors (Lipinski definition) is 2. The highest BCUT2D eigenvalue weighted by Gasteiger charge is 1.94. The van der Waals surface area contributed by atoms with Gasteiger partial charge in [-0.05, 0) is 19.0 Å². The van der Waals surface area contributed by atoms with Gasteiger partial charge in [-0.3, -0.25) is 14.9 Å². The predicted octanol–water partition coefficient (Wildman–Crippen LogP) is 0.170. The summed E-state index contributed by atoms with van der Waals surface area (Å²) >= 11 is 0. The molecule has 0 aromatic rings. The van der Waals surface area contributed by atoms with Crippen molar-refractivity contribution in [1.29, 1.82) is 0 Å². The van der Waals surface area contributed by atoms with Gasteiger partial charge >= 0.3 is 5.97 Å². The van der Waals surface area contributed by atoms with E-state index in [1.165, 1.54) is 6.08 Å². The standard InChI is InChI=1S/C9H15NO4/c11-6-1-2-7-14-8-10-5-3-4-9(12)13/h1-2,6,10H,3-5,7-8H2,(H,12,13)/b2-1-. The molecule has 0 amide bonds. The van der Waals surface area contributed by atoms with E-state index in [-0.39, 0.29) is 6.42 Å². The smallest absolute Gasteiger partial charge is 0.303 e. The molecule has 80 valence electrons. The van der Waals surface area contributed by atoms with E-state index < -0.39 is 5.97 Å². The molecular weight excluding hydrogens is 186 g/mol. The molecule has 5 heteroatoms.